The summed E-state index contributed by atoms with van der Waals surface area (Å²) in [5, 5.41) is 0. The van der Waals surface area contributed by atoms with E-state index >= 15 is 0 Å². The summed E-state index contributed by atoms with van der Waals surface area (Å²) in [6.45, 7) is 4.50. The number of benzene rings is 1. The number of nitrogens with zero attached hydrogens (tertiary/aromatic N) is 2. The molecular formula is C16H24N4. The highest BCUT2D eigenvalue weighted by atomic mass is 15.3. The molecule has 108 valence electrons. The fraction of sp³-hybridized carbons (Fsp3) is 0.562. The van der Waals surface area contributed by atoms with Crippen LogP contribution in [0.1, 0.15) is 39.0 Å². The van der Waals surface area contributed by atoms with Crippen LogP contribution in [-0.4, -0.2) is 23.1 Å². The van der Waals surface area contributed by atoms with Crippen molar-refractivity contribution >= 4 is 22.7 Å². The molecule has 2 heterocycles. The number of H-pyrrole nitrogens is 1. The van der Waals surface area contributed by atoms with Crippen molar-refractivity contribution in [3.8, 4) is 0 Å². The van der Waals surface area contributed by atoms with Crippen LogP contribution >= 0.6 is 0 Å². The van der Waals surface area contributed by atoms with Crippen LogP contribution in [0.5, 0.6) is 0 Å². The SMILES string of the molecule is CCCC1CCCN(c2nc3ccc(N)cc3[nH]2)CC1. The van der Waals surface area contributed by atoms with Gasteiger partial charge >= 0.3 is 0 Å². The van der Waals surface area contributed by atoms with Crippen molar-refractivity contribution in [2.24, 2.45) is 5.92 Å². The molecule has 1 atom stereocenters. The smallest absolute Gasteiger partial charge is 0.203 e. The molecule has 20 heavy (non-hydrogen) atoms. The van der Waals surface area contributed by atoms with Crippen molar-refractivity contribution in [3.05, 3.63) is 18.2 Å². The van der Waals surface area contributed by atoms with Crippen molar-refractivity contribution < 1.29 is 0 Å². The van der Waals surface area contributed by atoms with Gasteiger partial charge in [-0.3, -0.25) is 0 Å². The van der Waals surface area contributed by atoms with E-state index in [1.807, 2.05) is 18.2 Å². The lowest BCUT2D eigenvalue weighted by Gasteiger charge is -2.19. The van der Waals surface area contributed by atoms with E-state index in [1.54, 1.807) is 0 Å². The summed E-state index contributed by atoms with van der Waals surface area (Å²) in [6.07, 6.45) is 6.58. The Morgan fingerprint density at radius 1 is 1.35 bits per heavy atom. The van der Waals surface area contributed by atoms with Crippen molar-refractivity contribution in [3.63, 3.8) is 0 Å². The average Bonchev–Trinajstić information content (AvgIpc) is 2.70. The van der Waals surface area contributed by atoms with E-state index in [4.69, 9.17) is 10.7 Å². The predicted molar refractivity (Wildman–Crippen MR) is 85.0 cm³/mol. The summed E-state index contributed by atoms with van der Waals surface area (Å²) in [7, 11) is 0. The van der Waals surface area contributed by atoms with E-state index in [1.165, 1.54) is 32.1 Å². The number of nitrogens with one attached hydrogen (secondary N) is 1. The minimum Gasteiger partial charge on any atom is -0.399 e. The number of aromatic amines is 1. The highest BCUT2D eigenvalue weighted by molar-refractivity contribution is 5.80. The largest absolute Gasteiger partial charge is 0.399 e. The molecule has 1 aromatic carbocycles. The van der Waals surface area contributed by atoms with Gasteiger partial charge in [-0.05, 0) is 43.4 Å². The van der Waals surface area contributed by atoms with Gasteiger partial charge in [0.05, 0.1) is 11.0 Å². The van der Waals surface area contributed by atoms with Gasteiger partial charge in [-0.1, -0.05) is 19.8 Å². The van der Waals surface area contributed by atoms with Crippen LogP contribution < -0.4 is 10.6 Å². The van der Waals surface area contributed by atoms with E-state index in [0.717, 1.165) is 41.7 Å². The average molecular weight is 272 g/mol. The quantitative estimate of drug-likeness (QED) is 0.840. The van der Waals surface area contributed by atoms with Crippen molar-refractivity contribution in [1.29, 1.82) is 0 Å². The number of fused-ring (bicyclic) bond motifs is 1. The normalized spacial score (nSPS) is 20.2. The Kier molecular flexibility index (Phi) is 3.81. The van der Waals surface area contributed by atoms with Gasteiger partial charge in [-0.25, -0.2) is 4.98 Å². The van der Waals surface area contributed by atoms with Crippen LogP contribution in [0.2, 0.25) is 0 Å². The first-order valence-corrected chi connectivity index (χ1v) is 7.76. The molecule has 1 aliphatic heterocycles. The molecule has 1 unspecified atom stereocenters. The molecule has 3 rings (SSSR count). The summed E-state index contributed by atoms with van der Waals surface area (Å²) in [5.74, 6) is 1.90. The Balaban J connectivity index is 1.77. The minimum atomic E-state index is 0.784. The van der Waals surface area contributed by atoms with Gasteiger partial charge in [0.25, 0.3) is 0 Å². The molecule has 1 aliphatic rings. The first kappa shape index (κ1) is 13.3. The van der Waals surface area contributed by atoms with E-state index in [0.29, 0.717) is 0 Å². The van der Waals surface area contributed by atoms with Gasteiger partial charge in [-0.15, -0.1) is 0 Å². The molecule has 0 spiro atoms. The summed E-state index contributed by atoms with van der Waals surface area (Å²) < 4.78 is 0. The number of aromatic nitrogens is 2. The van der Waals surface area contributed by atoms with E-state index < -0.39 is 0 Å². The summed E-state index contributed by atoms with van der Waals surface area (Å²) in [4.78, 5) is 10.5. The molecule has 2 aromatic rings. The summed E-state index contributed by atoms with van der Waals surface area (Å²) >= 11 is 0. The lowest BCUT2D eigenvalue weighted by molar-refractivity contribution is 0.435. The van der Waals surface area contributed by atoms with Crippen LogP contribution in [0.3, 0.4) is 0 Å². The zero-order chi connectivity index (χ0) is 13.9. The topological polar surface area (TPSA) is 57.9 Å². The van der Waals surface area contributed by atoms with Crippen LogP contribution in [0.4, 0.5) is 11.6 Å². The third-order valence-electron chi connectivity index (χ3n) is 4.34. The highest BCUT2D eigenvalue weighted by Crippen LogP contribution is 2.26. The van der Waals surface area contributed by atoms with Gasteiger partial charge in [-0.2, -0.15) is 0 Å². The van der Waals surface area contributed by atoms with Gasteiger partial charge in [0.2, 0.25) is 5.95 Å². The van der Waals surface area contributed by atoms with Crippen LogP contribution in [-0.2, 0) is 0 Å². The number of imidazole rings is 1. The molecule has 1 saturated heterocycles. The summed E-state index contributed by atoms with van der Waals surface area (Å²) in [6, 6.07) is 5.86. The monoisotopic (exact) mass is 272 g/mol. The predicted octanol–water partition coefficient (Wildman–Crippen LogP) is 3.55. The fourth-order valence-electron chi connectivity index (χ4n) is 3.24. The van der Waals surface area contributed by atoms with Crippen molar-refractivity contribution in [1.82, 2.24) is 9.97 Å². The Morgan fingerprint density at radius 3 is 3.10 bits per heavy atom. The second-order valence-corrected chi connectivity index (χ2v) is 5.91. The number of rotatable bonds is 3. The van der Waals surface area contributed by atoms with E-state index in [-0.39, 0.29) is 0 Å². The second-order valence-electron chi connectivity index (χ2n) is 5.91. The molecule has 4 heteroatoms. The Morgan fingerprint density at radius 2 is 2.25 bits per heavy atom. The number of hydrogen-bond donors (Lipinski definition) is 2. The zero-order valence-electron chi connectivity index (χ0n) is 12.2. The molecule has 0 radical (unpaired) electrons. The Bertz CT molecular complexity index is 575. The molecule has 1 fully saturated rings. The lowest BCUT2D eigenvalue weighted by Crippen LogP contribution is -2.25. The summed E-state index contributed by atoms with van der Waals surface area (Å²) in [5.41, 5.74) is 8.65. The molecule has 1 aromatic heterocycles. The first-order chi connectivity index (χ1) is 9.76. The standard InChI is InChI=1S/C16H24N4/c1-2-4-12-5-3-9-20(10-8-12)16-18-14-7-6-13(17)11-15(14)19-16/h6-7,11-12H,2-5,8-10,17H2,1H3,(H,18,19). The maximum atomic E-state index is 5.83. The van der Waals surface area contributed by atoms with Crippen LogP contribution in [0.25, 0.3) is 11.0 Å². The number of hydrogen-bond acceptors (Lipinski definition) is 3. The molecule has 0 bridgehead atoms. The zero-order valence-corrected chi connectivity index (χ0v) is 12.2. The third-order valence-corrected chi connectivity index (χ3v) is 4.34. The minimum absolute atomic E-state index is 0.784. The third kappa shape index (κ3) is 2.74. The molecule has 0 amide bonds. The van der Waals surface area contributed by atoms with Gasteiger partial charge in [0.15, 0.2) is 0 Å². The molecule has 3 N–H and O–H groups in total. The van der Waals surface area contributed by atoms with Gasteiger partial charge in [0.1, 0.15) is 0 Å². The Hall–Kier alpha value is -1.71. The molecule has 0 saturated carbocycles. The van der Waals surface area contributed by atoms with Gasteiger partial charge < -0.3 is 15.6 Å². The lowest BCUT2D eigenvalue weighted by atomic mass is 9.96. The Labute approximate surface area is 120 Å². The fourth-order valence-corrected chi connectivity index (χ4v) is 3.24. The first-order valence-electron chi connectivity index (χ1n) is 7.76. The van der Waals surface area contributed by atoms with Crippen molar-refractivity contribution in [2.45, 2.75) is 39.0 Å². The van der Waals surface area contributed by atoms with E-state index in [2.05, 4.69) is 16.8 Å². The maximum Gasteiger partial charge on any atom is 0.203 e. The second kappa shape index (κ2) is 5.73. The molecule has 0 aliphatic carbocycles. The highest BCUT2D eigenvalue weighted by Gasteiger charge is 2.18. The molecular weight excluding hydrogens is 248 g/mol. The van der Waals surface area contributed by atoms with E-state index in [9.17, 15) is 0 Å². The van der Waals surface area contributed by atoms with Crippen LogP contribution in [0, 0.1) is 5.92 Å². The van der Waals surface area contributed by atoms with Crippen molar-refractivity contribution in [2.75, 3.05) is 23.7 Å². The molecule has 4 nitrogen and oxygen atoms in total. The number of nitrogen functional groups attached to an aromatic ring is 1. The van der Waals surface area contributed by atoms with Crippen LogP contribution in [0.15, 0.2) is 18.2 Å². The maximum absolute atomic E-state index is 5.83. The van der Waals surface area contributed by atoms with Gasteiger partial charge in [0, 0.05) is 18.8 Å². The number of nitrogens with two attached hydrogens (primary N) is 1. The number of anilines is 2.